The number of amides is 2. The van der Waals surface area contributed by atoms with Crippen molar-refractivity contribution < 1.29 is 29.0 Å². The van der Waals surface area contributed by atoms with Gasteiger partial charge in [0.2, 0.25) is 5.91 Å². The van der Waals surface area contributed by atoms with Crippen molar-refractivity contribution in [1.82, 2.24) is 24.8 Å². The van der Waals surface area contributed by atoms with Crippen molar-refractivity contribution in [2.24, 2.45) is 11.8 Å². The van der Waals surface area contributed by atoms with Crippen LogP contribution in [0.3, 0.4) is 0 Å². The molecule has 1 aromatic heterocycles. The van der Waals surface area contributed by atoms with E-state index in [1.165, 1.54) is 0 Å². The molecule has 5 atom stereocenters. The lowest BCUT2D eigenvalue weighted by Crippen LogP contribution is -2.55. The van der Waals surface area contributed by atoms with Crippen LogP contribution >= 0.6 is 0 Å². The summed E-state index contributed by atoms with van der Waals surface area (Å²) in [6.07, 6.45) is 12.4. The average Bonchev–Trinajstić information content (AvgIpc) is 3.57. The van der Waals surface area contributed by atoms with Gasteiger partial charge in [-0.1, -0.05) is 54.5 Å². The third-order valence-electron chi connectivity index (χ3n) is 8.72. The number of aliphatic hydroxyl groups is 1. The minimum absolute atomic E-state index is 0.123. The number of esters is 1. The van der Waals surface area contributed by atoms with Gasteiger partial charge in [0.1, 0.15) is 29.7 Å². The molecule has 0 radical (unpaired) electrons. The van der Waals surface area contributed by atoms with Crippen molar-refractivity contribution >= 4 is 28.8 Å². The van der Waals surface area contributed by atoms with E-state index in [4.69, 9.17) is 14.6 Å². The van der Waals surface area contributed by atoms with Crippen LogP contribution in [0, 0.1) is 11.8 Å². The number of aromatic nitrogens is 3. The summed E-state index contributed by atoms with van der Waals surface area (Å²) < 4.78 is 14.0. The van der Waals surface area contributed by atoms with Crippen LogP contribution in [-0.4, -0.2) is 91.7 Å². The molecule has 1 spiro atoms. The normalized spacial score (nSPS) is 30.6. The molecule has 6 rings (SSSR count). The van der Waals surface area contributed by atoms with E-state index in [2.05, 4.69) is 10.3 Å². The second-order valence-electron chi connectivity index (χ2n) is 11.3. The maximum absolute atomic E-state index is 14.4. The van der Waals surface area contributed by atoms with E-state index in [-0.39, 0.29) is 25.1 Å². The zero-order valence-corrected chi connectivity index (χ0v) is 23.1. The van der Waals surface area contributed by atoms with Gasteiger partial charge in [-0.15, -0.1) is 5.10 Å². The first-order chi connectivity index (χ1) is 20.0. The molecule has 1 N–H and O–H groups in total. The summed E-state index contributed by atoms with van der Waals surface area (Å²) in [4.78, 5) is 45.4. The molecule has 0 bridgehead atoms. The fourth-order valence-electron chi connectivity index (χ4n) is 6.76. The predicted octanol–water partition coefficient (Wildman–Crippen LogP) is 2.20. The monoisotopic (exact) mass is 563 g/mol. The van der Waals surface area contributed by atoms with Crippen molar-refractivity contribution in [3.05, 3.63) is 48.6 Å². The van der Waals surface area contributed by atoms with Gasteiger partial charge in [0, 0.05) is 19.7 Å². The standard InChI is InChI=1S/C30H37N5O6/c36-18-9-3-2-8-17-34-26-28(38)33(20-35-22-13-7-6-12-21(22)31-32-35)16-11-15-30(26)25(27(34)37)24-23(41-30)14-5-1-4-10-19-40-29(24)39/h5-7,11-15,23-26,36H,1-4,8-10,16-20H2/b14-5-/t23-,24+,25+,26?,30+/m1/s1. The summed E-state index contributed by atoms with van der Waals surface area (Å²) in [6, 6.07) is 6.63. The fraction of sp³-hybridized carbons (Fsp3) is 0.567. The van der Waals surface area contributed by atoms with E-state index >= 15 is 0 Å². The topological polar surface area (TPSA) is 127 Å². The van der Waals surface area contributed by atoms with Crippen molar-refractivity contribution in [1.29, 1.82) is 0 Å². The van der Waals surface area contributed by atoms with Crippen LogP contribution in [0.15, 0.2) is 48.6 Å². The fourth-order valence-corrected chi connectivity index (χ4v) is 6.76. The van der Waals surface area contributed by atoms with Crippen LogP contribution in [0.4, 0.5) is 0 Å². The lowest BCUT2D eigenvalue weighted by Gasteiger charge is -2.35. The SMILES string of the molecule is O=C1OCCCC/C=C\[C@H]2O[C@]34C=CCN(Cn5nnc6ccccc65)C(=O)C3N(CCCCCCO)C(=O)[C@@H]4[C@@H]12. The highest BCUT2D eigenvalue weighted by atomic mass is 16.6. The summed E-state index contributed by atoms with van der Waals surface area (Å²) in [5, 5.41) is 17.7. The van der Waals surface area contributed by atoms with Gasteiger partial charge in [-0.2, -0.15) is 0 Å². The molecule has 1 aromatic carbocycles. The number of cyclic esters (lactones) is 1. The number of benzene rings is 1. The van der Waals surface area contributed by atoms with Crippen LogP contribution in [0.1, 0.15) is 44.9 Å². The number of rotatable bonds is 8. The molecule has 2 aromatic rings. The van der Waals surface area contributed by atoms with Gasteiger partial charge in [-0.25, -0.2) is 4.68 Å². The van der Waals surface area contributed by atoms with E-state index in [1.807, 2.05) is 48.6 Å². The van der Waals surface area contributed by atoms with Crippen LogP contribution < -0.4 is 0 Å². The average molecular weight is 564 g/mol. The number of allylic oxidation sites excluding steroid dienone is 1. The number of fused-ring (bicyclic) bond motifs is 3. The van der Waals surface area contributed by atoms with Crippen molar-refractivity contribution in [3.63, 3.8) is 0 Å². The number of carbonyl (C=O) groups excluding carboxylic acids is 3. The minimum Gasteiger partial charge on any atom is -0.465 e. The molecule has 4 aliphatic heterocycles. The Morgan fingerprint density at radius 3 is 2.76 bits per heavy atom. The second-order valence-corrected chi connectivity index (χ2v) is 11.3. The summed E-state index contributed by atoms with van der Waals surface area (Å²) in [5.41, 5.74) is 0.250. The Morgan fingerprint density at radius 2 is 1.88 bits per heavy atom. The van der Waals surface area contributed by atoms with Crippen molar-refractivity contribution in [2.75, 3.05) is 26.3 Å². The molecule has 0 saturated carbocycles. The Bertz CT molecular complexity index is 1360. The number of hydrogen-bond acceptors (Lipinski definition) is 8. The Hall–Kier alpha value is -3.57. The van der Waals surface area contributed by atoms with Crippen LogP contribution in [0.25, 0.3) is 11.0 Å². The van der Waals surface area contributed by atoms with E-state index in [0.717, 1.165) is 43.1 Å². The predicted molar refractivity (Wildman–Crippen MR) is 148 cm³/mol. The van der Waals surface area contributed by atoms with Gasteiger partial charge in [0.25, 0.3) is 5.91 Å². The van der Waals surface area contributed by atoms with Crippen LogP contribution in [-0.2, 0) is 30.5 Å². The third kappa shape index (κ3) is 4.95. The number of hydrogen-bond donors (Lipinski definition) is 1. The number of nitrogens with zero attached hydrogens (tertiary/aromatic N) is 5. The Labute approximate surface area is 238 Å². The summed E-state index contributed by atoms with van der Waals surface area (Å²) in [7, 11) is 0. The van der Waals surface area contributed by atoms with Gasteiger partial charge >= 0.3 is 5.97 Å². The van der Waals surface area contributed by atoms with E-state index in [9.17, 15) is 14.4 Å². The van der Waals surface area contributed by atoms with Crippen molar-refractivity contribution in [3.8, 4) is 0 Å². The second kappa shape index (κ2) is 11.7. The Morgan fingerprint density at radius 1 is 1.02 bits per heavy atom. The van der Waals surface area contributed by atoms with Crippen LogP contribution in [0.2, 0.25) is 0 Å². The molecular weight excluding hydrogens is 526 g/mol. The molecular formula is C30H37N5O6. The number of likely N-dealkylation sites (tertiary alicyclic amines) is 1. The molecule has 4 aliphatic rings. The van der Waals surface area contributed by atoms with E-state index in [0.29, 0.717) is 32.5 Å². The third-order valence-corrected chi connectivity index (χ3v) is 8.72. The number of para-hydroxylation sites is 1. The highest BCUT2D eigenvalue weighted by molar-refractivity contribution is 5.99. The number of ether oxygens (including phenoxy) is 2. The van der Waals surface area contributed by atoms with Gasteiger partial charge in [0.15, 0.2) is 0 Å². The van der Waals surface area contributed by atoms with Crippen molar-refractivity contribution in [2.45, 2.75) is 69.4 Å². The van der Waals surface area contributed by atoms with Gasteiger partial charge in [0.05, 0.1) is 24.1 Å². The highest BCUT2D eigenvalue weighted by Gasteiger charge is 2.71. The zero-order chi connectivity index (χ0) is 28.4. The molecule has 41 heavy (non-hydrogen) atoms. The van der Waals surface area contributed by atoms with Gasteiger partial charge in [-0.3, -0.25) is 14.4 Å². The summed E-state index contributed by atoms with van der Waals surface area (Å²) >= 11 is 0. The molecule has 11 heteroatoms. The molecule has 5 heterocycles. The molecule has 2 saturated heterocycles. The number of unbranched alkanes of at least 4 members (excludes halogenated alkanes) is 3. The summed E-state index contributed by atoms with van der Waals surface area (Å²) in [5.74, 6) is -2.64. The first-order valence-electron chi connectivity index (χ1n) is 14.7. The maximum atomic E-state index is 14.4. The molecule has 1 unspecified atom stereocenters. The highest BCUT2D eigenvalue weighted by Crippen LogP contribution is 2.53. The molecule has 11 nitrogen and oxygen atoms in total. The lowest BCUT2D eigenvalue weighted by molar-refractivity contribution is -0.155. The Balaban J connectivity index is 1.35. The van der Waals surface area contributed by atoms with E-state index in [1.54, 1.807) is 14.5 Å². The zero-order valence-electron chi connectivity index (χ0n) is 23.1. The molecule has 2 amide bonds. The van der Waals surface area contributed by atoms with Gasteiger partial charge < -0.3 is 24.4 Å². The quantitative estimate of drug-likeness (QED) is 0.294. The lowest BCUT2D eigenvalue weighted by atomic mass is 9.78. The molecule has 0 aliphatic carbocycles. The minimum atomic E-state index is -1.29. The largest absolute Gasteiger partial charge is 0.465 e. The number of aliphatic hydroxyl groups excluding tert-OH is 1. The smallest absolute Gasteiger partial charge is 0.312 e. The number of carbonyl (C=O) groups is 3. The van der Waals surface area contributed by atoms with Gasteiger partial charge in [-0.05, 0) is 44.2 Å². The first kappa shape index (κ1) is 27.6. The summed E-state index contributed by atoms with van der Waals surface area (Å²) in [6.45, 7) is 1.25. The molecule has 218 valence electrons. The maximum Gasteiger partial charge on any atom is 0.312 e. The molecule has 2 fully saturated rings. The Kier molecular flexibility index (Phi) is 7.90. The van der Waals surface area contributed by atoms with E-state index < -0.39 is 35.6 Å². The first-order valence-corrected chi connectivity index (χ1v) is 14.7. The van der Waals surface area contributed by atoms with Crippen LogP contribution in [0.5, 0.6) is 0 Å².